The summed E-state index contributed by atoms with van der Waals surface area (Å²) in [6, 6.07) is 36.5. The van der Waals surface area contributed by atoms with Gasteiger partial charge in [-0.2, -0.15) is 0 Å². The minimum absolute atomic E-state index is 0.00324. The third-order valence-corrected chi connectivity index (χ3v) is 10.3. The van der Waals surface area contributed by atoms with Gasteiger partial charge in [-0.25, -0.2) is 8.42 Å². The van der Waals surface area contributed by atoms with Crippen molar-refractivity contribution in [3.8, 4) is 11.5 Å². The summed E-state index contributed by atoms with van der Waals surface area (Å²) < 4.78 is 35.5. The zero-order chi connectivity index (χ0) is 35.7. The van der Waals surface area contributed by atoms with Crippen molar-refractivity contribution in [1.29, 1.82) is 0 Å². The molecule has 258 valence electrons. The Balaban J connectivity index is 1.57. The molecule has 0 radical (unpaired) electrons. The van der Waals surface area contributed by atoms with Crippen molar-refractivity contribution in [2.24, 2.45) is 0 Å². The van der Waals surface area contributed by atoms with Crippen LogP contribution < -0.4 is 14.4 Å². The molecule has 50 heavy (non-hydrogen) atoms. The van der Waals surface area contributed by atoms with E-state index in [0.29, 0.717) is 27.1 Å². The molecule has 2 amide bonds. The highest BCUT2D eigenvalue weighted by molar-refractivity contribution is 7.92. The van der Waals surface area contributed by atoms with E-state index in [1.807, 2.05) is 62.4 Å². The Morgan fingerprint density at radius 2 is 1.26 bits per heavy atom. The molecule has 5 rings (SSSR count). The molecule has 1 unspecified atom stereocenters. The van der Waals surface area contributed by atoms with Crippen molar-refractivity contribution in [2.75, 3.05) is 10.8 Å². The van der Waals surface area contributed by atoms with Crippen LogP contribution in [0.25, 0.3) is 0 Å². The third kappa shape index (κ3) is 9.24. The molecule has 0 saturated carbocycles. The van der Waals surface area contributed by atoms with E-state index in [1.54, 1.807) is 72.8 Å². The molecule has 0 aliphatic rings. The number of ether oxygens (including phenoxy) is 1. The zero-order valence-electron chi connectivity index (χ0n) is 27.6. The van der Waals surface area contributed by atoms with Gasteiger partial charge < -0.3 is 15.0 Å². The van der Waals surface area contributed by atoms with Gasteiger partial charge in [0.1, 0.15) is 24.1 Å². The molecule has 0 heterocycles. The van der Waals surface area contributed by atoms with Gasteiger partial charge in [0.15, 0.2) is 0 Å². The van der Waals surface area contributed by atoms with E-state index >= 15 is 0 Å². The van der Waals surface area contributed by atoms with Gasteiger partial charge in [-0.15, -0.1) is 0 Å². The average Bonchev–Trinajstić information content (AvgIpc) is 3.11. The number of benzene rings is 5. The van der Waals surface area contributed by atoms with E-state index in [1.165, 1.54) is 17.0 Å². The van der Waals surface area contributed by atoms with Gasteiger partial charge in [0.25, 0.3) is 10.0 Å². The number of anilines is 1. The van der Waals surface area contributed by atoms with E-state index in [2.05, 4.69) is 5.32 Å². The number of hydrogen-bond donors (Lipinski definition) is 1. The summed E-state index contributed by atoms with van der Waals surface area (Å²) in [6.07, 6.45) is 0.157. The topological polar surface area (TPSA) is 96.0 Å². The van der Waals surface area contributed by atoms with Crippen LogP contribution in [0.1, 0.15) is 25.0 Å². The molecule has 0 saturated heterocycles. The normalized spacial score (nSPS) is 11.9. The predicted octanol–water partition coefficient (Wildman–Crippen LogP) is 8.15. The van der Waals surface area contributed by atoms with Crippen molar-refractivity contribution in [2.45, 2.75) is 43.8 Å². The predicted molar refractivity (Wildman–Crippen MR) is 198 cm³/mol. The standard InChI is InChI=1S/C39H37Cl2N3O5S/c1-28(2)42-39(46)37(25-29-13-6-3-7-14-29)43(26-34-35(40)19-12-20-36(34)41)38(45)27-44(50(47,48)33-17-10-5-11-18-33)30-21-23-32(24-22-30)49-31-15-8-4-9-16-31/h3-24,28,37H,25-27H2,1-2H3,(H,42,46). The highest BCUT2D eigenvalue weighted by Gasteiger charge is 2.35. The fourth-order valence-electron chi connectivity index (χ4n) is 5.34. The molecular weight excluding hydrogens is 693 g/mol. The van der Waals surface area contributed by atoms with E-state index in [-0.39, 0.29) is 29.6 Å². The number of carbonyl (C=O) groups is 2. The molecule has 0 aliphatic heterocycles. The molecule has 1 N–H and O–H groups in total. The maximum atomic E-state index is 14.7. The van der Waals surface area contributed by atoms with Crippen molar-refractivity contribution >= 4 is 50.7 Å². The second kappa shape index (κ2) is 16.7. The van der Waals surface area contributed by atoms with Gasteiger partial charge in [-0.05, 0) is 80.1 Å². The number of nitrogens with one attached hydrogen (secondary N) is 1. The van der Waals surface area contributed by atoms with Crippen molar-refractivity contribution in [1.82, 2.24) is 10.2 Å². The first-order valence-corrected chi connectivity index (χ1v) is 18.2. The van der Waals surface area contributed by atoms with Gasteiger partial charge >= 0.3 is 0 Å². The van der Waals surface area contributed by atoms with Crippen LogP contribution in [-0.2, 0) is 32.6 Å². The summed E-state index contributed by atoms with van der Waals surface area (Å²) in [7, 11) is -4.28. The van der Waals surface area contributed by atoms with E-state index in [4.69, 9.17) is 27.9 Å². The van der Waals surface area contributed by atoms with Crippen LogP contribution in [0.3, 0.4) is 0 Å². The second-order valence-corrected chi connectivity index (χ2v) is 14.5. The number of nitrogens with zero attached hydrogens (tertiary/aromatic N) is 2. The summed E-state index contributed by atoms with van der Waals surface area (Å²) in [6.45, 7) is 2.88. The number of hydrogen-bond acceptors (Lipinski definition) is 5. The summed E-state index contributed by atoms with van der Waals surface area (Å²) in [4.78, 5) is 30.0. The number of rotatable bonds is 14. The van der Waals surface area contributed by atoms with Crippen LogP contribution in [0.15, 0.2) is 138 Å². The highest BCUT2D eigenvalue weighted by atomic mass is 35.5. The monoisotopic (exact) mass is 729 g/mol. The van der Waals surface area contributed by atoms with Crippen LogP contribution in [0.4, 0.5) is 5.69 Å². The van der Waals surface area contributed by atoms with Crippen LogP contribution >= 0.6 is 23.2 Å². The fourth-order valence-corrected chi connectivity index (χ4v) is 7.29. The lowest BCUT2D eigenvalue weighted by atomic mass is 10.0. The maximum Gasteiger partial charge on any atom is 0.264 e. The Hall–Kier alpha value is -4.83. The number of para-hydroxylation sites is 1. The third-order valence-electron chi connectivity index (χ3n) is 7.81. The molecule has 0 fully saturated rings. The highest BCUT2D eigenvalue weighted by Crippen LogP contribution is 2.30. The summed E-state index contributed by atoms with van der Waals surface area (Å²) in [5.74, 6) is 0.0546. The molecule has 5 aromatic carbocycles. The lowest BCUT2D eigenvalue weighted by molar-refractivity contribution is -0.140. The minimum atomic E-state index is -4.28. The minimum Gasteiger partial charge on any atom is -0.457 e. The Labute approximate surface area is 303 Å². The first-order valence-electron chi connectivity index (χ1n) is 16.0. The fraction of sp³-hybridized carbons (Fsp3) is 0.179. The molecule has 5 aromatic rings. The van der Waals surface area contributed by atoms with E-state index in [9.17, 15) is 18.0 Å². The van der Waals surface area contributed by atoms with Crippen molar-refractivity contribution in [3.63, 3.8) is 0 Å². The van der Waals surface area contributed by atoms with Gasteiger partial charge in [-0.1, -0.05) is 96.0 Å². The van der Waals surface area contributed by atoms with E-state index in [0.717, 1.165) is 9.87 Å². The number of amides is 2. The molecule has 11 heteroatoms. The SMILES string of the molecule is CC(C)NC(=O)C(Cc1ccccc1)N(Cc1c(Cl)cccc1Cl)C(=O)CN(c1ccc(Oc2ccccc2)cc1)S(=O)(=O)c1ccccc1. The molecule has 0 aromatic heterocycles. The summed E-state index contributed by atoms with van der Waals surface area (Å²) >= 11 is 13.2. The van der Waals surface area contributed by atoms with Crippen LogP contribution in [0.2, 0.25) is 10.0 Å². The number of halogens is 2. The first kappa shape index (κ1) is 36.5. The zero-order valence-corrected chi connectivity index (χ0v) is 29.9. The molecule has 0 bridgehead atoms. The maximum absolute atomic E-state index is 14.7. The largest absolute Gasteiger partial charge is 0.457 e. The molecule has 8 nitrogen and oxygen atoms in total. The van der Waals surface area contributed by atoms with Crippen LogP contribution in [-0.4, -0.2) is 43.8 Å². The summed E-state index contributed by atoms with van der Waals surface area (Å²) in [5, 5.41) is 3.55. The Kier molecular flexibility index (Phi) is 12.2. The van der Waals surface area contributed by atoms with Gasteiger partial charge in [0.2, 0.25) is 11.8 Å². The van der Waals surface area contributed by atoms with E-state index < -0.39 is 34.4 Å². The number of sulfonamides is 1. The van der Waals surface area contributed by atoms with Gasteiger partial charge in [0.05, 0.1) is 10.6 Å². The summed E-state index contributed by atoms with van der Waals surface area (Å²) in [5.41, 5.74) is 1.46. The molecular formula is C39H37Cl2N3O5S. The van der Waals surface area contributed by atoms with Gasteiger partial charge in [0, 0.05) is 34.6 Å². The molecule has 0 spiro atoms. The lowest BCUT2D eigenvalue weighted by Crippen LogP contribution is -2.54. The Morgan fingerprint density at radius 3 is 1.84 bits per heavy atom. The van der Waals surface area contributed by atoms with Crippen LogP contribution in [0.5, 0.6) is 11.5 Å². The Morgan fingerprint density at radius 1 is 0.720 bits per heavy atom. The average molecular weight is 731 g/mol. The van der Waals surface area contributed by atoms with Crippen molar-refractivity contribution in [3.05, 3.63) is 155 Å². The lowest BCUT2D eigenvalue weighted by Gasteiger charge is -2.34. The molecule has 0 aliphatic carbocycles. The smallest absolute Gasteiger partial charge is 0.264 e. The van der Waals surface area contributed by atoms with Crippen LogP contribution in [0, 0.1) is 0 Å². The van der Waals surface area contributed by atoms with Gasteiger partial charge in [-0.3, -0.25) is 13.9 Å². The number of carbonyl (C=O) groups excluding carboxylic acids is 2. The van der Waals surface area contributed by atoms with Crippen molar-refractivity contribution < 1.29 is 22.7 Å². The second-order valence-electron chi connectivity index (χ2n) is 11.8. The quantitative estimate of drug-likeness (QED) is 0.125. The first-order chi connectivity index (χ1) is 24.0. The Bertz CT molecular complexity index is 1980. The molecule has 1 atom stereocenters.